The number of rotatable bonds is 3. The van der Waals surface area contributed by atoms with Gasteiger partial charge in [-0.3, -0.25) is 4.98 Å². The number of oxazole rings is 1. The van der Waals surface area contributed by atoms with E-state index in [1.165, 1.54) is 0 Å². The fraction of sp³-hybridized carbons (Fsp3) is 0.417. The number of aromatic amines is 1. The highest BCUT2D eigenvalue weighted by atomic mass is 16.4. The van der Waals surface area contributed by atoms with Gasteiger partial charge in [0, 0.05) is 18.3 Å². The van der Waals surface area contributed by atoms with Gasteiger partial charge in [-0.05, 0) is 37.0 Å². The lowest BCUT2D eigenvalue weighted by Gasteiger charge is -2.32. The van der Waals surface area contributed by atoms with Crippen molar-refractivity contribution in [2.75, 3.05) is 11.9 Å². The number of nitrogens with two attached hydrogens (primary N) is 1. The van der Waals surface area contributed by atoms with Crippen LogP contribution in [0.15, 0.2) is 27.4 Å². The van der Waals surface area contributed by atoms with Crippen molar-refractivity contribution < 1.29 is 4.42 Å². The minimum atomic E-state index is -0.415. The molecule has 0 aliphatic heterocycles. The molecular weight excluding hydrogens is 218 g/mol. The van der Waals surface area contributed by atoms with Crippen LogP contribution < -0.4 is 16.8 Å². The van der Waals surface area contributed by atoms with Gasteiger partial charge in [0.1, 0.15) is 0 Å². The highest BCUT2D eigenvalue weighted by Gasteiger charge is 2.25. The Bertz CT molecular complexity index is 581. The predicted octanol–water partition coefficient (Wildman–Crippen LogP) is 1.27. The Morgan fingerprint density at radius 3 is 3.06 bits per heavy atom. The molecule has 4 N–H and O–H groups in total. The van der Waals surface area contributed by atoms with Crippen LogP contribution in [0.3, 0.4) is 0 Å². The molecule has 1 heterocycles. The standard InChI is InChI=1S/C12H15N3O2/c13-8-3-7(4-8)6-14-9-1-2-11-10(5-9)15-12(16)17-11/h1-2,5,7-8,14H,3-4,6,13H2,(H,15,16). The van der Waals surface area contributed by atoms with Gasteiger partial charge in [0.2, 0.25) is 0 Å². The number of H-pyrrole nitrogens is 1. The quantitative estimate of drug-likeness (QED) is 0.745. The minimum absolute atomic E-state index is 0.384. The second kappa shape index (κ2) is 3.92. The molecule has 1 aromatic heterocycles. The van der Waals surface area contributed by atoms with Crippen LogP contribution in [0.5, 0.6) is 0 Å². The summed E-state index contributed by atoms with van der Waals surface area (Å²) in [6, 6.07) is 5.98. The van der Waals surface area contributed by atoms with E-state index in [0.29, 0.717) is 17.5 Å². The largest absolute Gasteiger partial charge is 0.417 e. The normalized spacial score (nSPS) is 23.6. The van der Waals surface area contributed by atoms with E-state index in [4.69, 9.17) is 10.2 Å². The lowest BCUT2D eigenvalue weighted by atomic mass is 9.81. The number of hydrogen-bond acceptors (Lipinski definition) is 4. The second-order valence-corrected chi connectivity index (χ2v) is 4.70. The number of benzene rings is 1. The molecule has 0 saturated heterocycles. The predicted molar refractivity (Wildman–Crippen MR) is 66.0 cm³/mol. The SMILES string of the molecule is NC1CC(CNc2ccc3oc(=O)[nH]c3c2)C1. The molecular formula is C12H15N3O2. The van der Waals surface area contributed by atoms with E-state index in [-0.39, 0.29) is 0 Å². The van der Waals surface area contributed by atoms with Crippen LogP contribution in [-0.4, -0.2) is 17.6 Å². The summed E-state index contributed by atoms with van der Waals surface area (Å²) in [5.74, 6) is 0.256. The summed E-state index contributed by atoms with van der Waals surface area (Å²) >= 11 is 0. The van der Waals surface area contributed by atoms with Gasteiger partial charge in [0.15, 0.2) is 5.58 Å². The molecule has 90 valence electrons. The van der Waals surface area contributed by atoms with Crippen LogP contribution in [0.2, 0.25) is 0 Å². The van der Waals surface area contributed by atoms with Crippen molar-refractivity contribution in [3.63, 3.8) is 0 Å². The molecule has 5 nitrogen and oxygen atoms in total. The van der Waals surface area contributed by atoms with Crippen LogP contribution in [0.1, 0.15) is 12.8 Å². The van der Waals surface area contributed by atoms with E-state index in [0.717, 1.165) is 30.6 Å². The summed E-state index contributed by atoms with van der Waals surface area (Å²) in [6.07, 6.45) is 2.19. The highest BCUT2D eigenvalue weighted by Crippen LogP contribution is 2.26. The third-order valence-corrected chi connectivity index (χ3v) is 3.29. The Kier molecular flexibility index (Phi) is 2.40. The van der Waals surface area contributed by atoms with Gasteiger partial charge in [-0.1, -0.05) is 0 Å². The molecule has 5 heteroatoms. The molecule has 0 unspecified atom stereocenters. The van der Waals surface area contributed by atoms with E-state index < -0.39 is 5.76 Å². The van der Waals surface area contributed by atoms with Gasteiger partial charge in [0.25, 0.3) is 0 Å². The first-order chi connectivity index (χ1) is 8.20. The first-order valence-corrected chi connectivity index (χ1v) is 5.83. The number of aromatic nitrogens is 1. The average Bonchev–Trinajstić information content (AvgIpc) is 2.62. The summed E-state index contributed by atoms with van der Waals surface area (Å²) in [7, 11) is 0. The summed E-state index contributed by atoms with van der Waals surface area (Å²) < 4.78 is 4.94. The van der Waals surface area contributed by atoms with E-state index in [1.54, 1.807) is 6.07 Å². The molecule has 1 fully saturated rings. The summed E-state index contributed by atoms with van der Waals surface area (Å²) in [5.41, 5.74) is 8.05. The Balaban J connectivity index is 1.70. The van der Waals surface area contributed by atoms with Gasteiger partial charge in [-0.25, -0.2) is 4.79 Å². The van der Waals surface area contributed by atoms with Gasteiger partial charge in [-0.15, -0.1) is 0 Å². The Morgan fingerprint density at radius 1 is 1.47 bits per heavy atom. The molecule has 1 saturated carbocycles. The van der Waals surface area contributed by atoms with Crippen LogP contribution in [0.4, 0.5) is 5.69 Å². The Labute approximate surface area is 98.0 Å². The first-order valence-electron chi connectivity index (χ1n) is 5.83. The molecule has 17 heavy (non-hydrogen) atoms. The van der Waals surface area contributed by atoms with Crippen LogP contribution in [0, 0.1) is 5.92 Å². The smallest absolute Gasteiger partial charge is 0.408 e. The van der Waals surface area contributed by atoms with Crippen molar-refractivity contribution in [3.8, 4) is 0 Å². The maximum absolute atomic E-state index is 11.0. The number of fused-ring (bicyclic) bond motifs is 1. The van der Waals surface area contributed by atoms with Crippen molar-refractivity contribution in [2.24, 2.45) is 11.7 Å². The Morgan fingerprint density at radius 2 is 2.29 bits per heavy atom. The fourth-order valence-corrected chi connectivity index (χ4v) is 2.28. The third-order valence-electron chi connectivity index (χ3n) is 3.29. The van der Waals surface area contributed by atoms with Crippen molar-refractivity contribution in [1.29, 1.82) is 0 Å². The van der Waals surface area contributed by atoms with E-state index in [1.807, 2.05) is 12.1 Å². The van der Waals surface area contributed by atoms with Gasteiger partial charge >= 0.3 is 5.76 Å². The van der Waals surface area contributed by atoms with Crippen molar-refractivity contribution >= 4 is 16.8 Å². The monoisotopic (exact) mass is 233 g/mol. The second-order valence-electron chi connectivity index (χ2n) is 4.70. The molecule has 1 aromatic carbocycles. The molecule has 1 aliphatic carbocycles. The topological polar surface area (TPSA) is 84.0 Å². The molecule has 0 spiro atoms. The maximum Gasteiger partial charge on any atom is 0.417 e. The lowest BCUT2D eigenvalue weighted by Crippen LogP contribution is -2.39. The first kappa shape index (κ1) is 10.4. The molecule has 3 rings (SSSR count). The van der Waals surface area contributed by atoms with E-state index >= 15 is 0 Å². The minimum Gasteiger partial charge on any atom is -0.408 e. The van der Waals surface area contributed by atoms with Crippen LogP contribution >= 0.6 is 0 Å². The van der Waals surface area contributed by atoms with Crippen LogP contribution in [-0.2, 0) is 0 Å². The third kappa shape index (κ3) is 2.06. The maximum atomic E-state index is 11.0. The average molecular weight is 233 g/mol. The zero-order valence-electron chi connectivity index (χ0n) is 9.40. The summed E-state index contributed by atoms with van der Waals surface area (Å²) in [4.78, 5) is 13.6. The number of nitrogens with one attached hydrogen (secondary N) is 2. The van der Waals surface area contributed by atoms with Crippen molar-refractivity contribution in [3.05, 3.63) is 28.7 Å². The molecule has 0 bridgehead atoms. The summed E-state index contributed by atoms with van der Waals surface area (Å²) in [5, 5.41) is 3.35. The molecule has 1 aliphatic rings. The van der Waals surface area contributed by atoms with E-state index in [2.05, 4.69) is 10.3 Å². The Hall–Kier alpha value is -1.75. The molecule has 2 aromatic rings. The van der Waals surface area contributed by atoms with Gasteiger partial charge in [-0.2, -0.15) is 0 Å². The zero-order chi connectivity index (χ0) is 11.8. The van der Waals surface area contributed by atoms with Gasteiger partial charge in [0.05, 0.1) is 5.52 Å². The number of hydrogen-bond donors (Lipinski definition) is 3. The van der Waals surface area contributed by atoms with Gasteiger partial charge < -0.3 is 15.5 Å². The fourth-order valence-electron chi connectivity index (χ4n) is 2.28. The van der Waals surface area contributed by atoms with Crippen molar-refractivity contribution in [2.45, 2.75) is 18.9 Å². The zero-order valence-corrected chi connectivity index (χ0v) is 9.40. The lowest BCUT2D eigenvalue weighted by molar-refractivity contribution is 0.280. The molecule has 0 atom stereocenters. The van der Waals surface area contributed by atoms with E-state index in [9.17, 15) is 4.79 Å². The highest BCUT2D eigenvalue weighted by molar-refractivity contribution is 5.76. The number of anilines is 1. The molecule has 0 amide bonds. The van der Waals surface area contributed by atoms with Crippen molar-refractivity contribution in [1.82, 2.24) is 4.98 Å². The summed E-state index contributed by atoms with van der Waals surface area (Å²) in [6.45, 7) is 0.932. The molecule has 0 radical (unpaired) electrons. The van der Waals surface area contributed by atoms with Crippen LogP contribution in [0.25, 0.3) is 11.1 Å².